The minimum absolute atomic E-state index is 0.00201. The summed E-state index contributed by atoms with van der Waals surface area (Å²) in [5.41, 5.74) is 1.17. The Morgan fingerprint density at radius 3 is 2.52 bits per heavy atom. The van der Waals surface area contributed by atoms with Crippen molar-refractivity contribution in [1.29, 1.82) is 0 Å². The Labute approximate surface area is 142 Å². The number of likely N-dealkylation sites (tertiary alicyclic amines) is 1. The first-order chi connectivity index (χ1) is 12.0. The molecule has 1 aromatic heterocycles. The van der Waals surface area contributed by atoms with Gasteiger partial charge in [0.05, 0.1) is 5.56 Å². The molecule has 2 heterocycles. The number of aromatic nitrogens is 2. The maximum absolute atomic E-state index is 12.6. The molecule has 2 aromatic rings. The van der Waals surface area contributed by atoms with E-state index in [2.05, 4.69) is 5.10 Å². The highest BCUT2D eigenvalue weighted by molar-refractivity contribution is 5.92. The van der Waals surface area contributed by atoms with E-state index in [4.69, 9.17) is 5.11 Å². The number of halogens is 2. The molecule has 8 heteroatoms. The lowest BCUT2D eigenvalue weighted by molar-refractivity contribution is 0.0546. The topological polar surface area (TPSA) is 75.4 Å². The second-order valence-electron chi connectivity index (χ2n) is 5.98. The lowest BCUT2D eigenvalue weighted by atomic mass is 9.90. The minimum Gasteiger partial charge on any atom is -0.478 e. The highest BCUT2D eigenvalue weighted by atomic mass is 19.3. The predicted octanol–water partition coefficient (Wildman–Crippen LogP) is 3.00. The second-order valence-corrected chi connectivity index (χ2v) is 5.98. The zero-order valence-corrected chi connectivity index (χ0v) is 13.3. The lowest BCUT2D eigenvalue weighted by Crippen LogP contribution is -2.39. The molecule has 3 rings (SSSR count). The Morgan fingerprint density at radius 1 is 1.20 bits per heavy atom. The van der Waals surface area contributed by atoms with Gasteiger partial charge in [-0.25, -0.2) is 9.48 Å². The van der Waals surface area contributed by atoms with Crippen LogP contribution in [0.4, 0.5) is 8.78 Å². The number of piperidine rings is 1. The fraction of sp³-hybridized carbons (Fsp3) is 0.353. The Morgan fingerprint density at radius 2 is 1.92 bits per heavy atom. The fourth-order valence-corrected chi connectivity index (χ4v) is 3.05. The number of hydrogen-bond acceptors (Lipinski definition) is 3. The molecule has 1 aromatic carbocycles. The van der Waals surface area contributed by atoms with E-state index in [-0.39, 0.29) is 23.1 Å². The van der Waals surface area contributed by atoms with Gasteiger partial charge >= 0.3 is 12.5 Å². The molecule has 0 aliphatic carbocycles. The average Bonchev–Trinajstić information content (AvgIpc) is 3.12. The van der Waals surface area contributed by atoms with Crippen LogP contribution < -0.4 is 0 Å². The van der Waals surface area contributed by atoms with Crippen LogP contribution in [0.25, 0.3) is 0 Å². The van der Waals surface area contributed by atoms with E-state index in [1.54, 1.807) is 29.2 Å². The summed E-state index contributed by atoms with van der Waals surface area (Å²) in [5.74, 6) is -1.27. The summed E-state index contributed by atoms with van der Waals surface area (Å²) in [6.07, 6.45) is 2.75. The van der Waals surface area contributed by atoms with Gasteiger partial charge < -0.3 is 10.0 Å². The van der Waals surface area contributed by atoms with Crippen LogP contribution in [0.1, 0.15) is 51.7 Å². The molecule has 0 spiro atoms. The van der Waals surface area contributed by atoms with E-state index in [1.165, 1.54) is 6.07 Å². The van der Waals surface area contributed by atoms with Crippen molar-refractivity contribution in [2.45, 2.75) is 25.3 Å². The van der Waals surface area contributed by atoms with E-state index in [0.717, 1.165) is 24.6 Å². The number of rotatable bonds is 4. The molecule has 1 aliphatic heterocycles. The molecule has 1 saturated heterocycles. The summed E-state index contributed by atoms with van der Waals surface area (Å²) in [6.45, 7) is -1.78. The summed E-state index contributed by atoms with van der Waals surface area (Å²) >= 11 is 0. The lowest BCUT2D eigenvalue weighted by Gasteiger charge is -2.32. The van der Waals surface area contributed by atoms with Crippen LogP contribution >= 0.6 is 0 Å². The zero-order chi connectivity index (χ0) is 18.0. The van der Waals surface area contributed by atoms with Crippen molar-refractivity contribution in [3.63, 3.8) is 0 Å². The third-order valence-electron chi connectivity index (χ3n) is 4.37. The molecule has 1 amide bonds. The van der Waals surface area contributed by atoms with Gasteiger partial charge in [-0.1, -0.05) is 12.1 Å². The number of nitrogens with zero attached hydrogens (tertiary/aromatic N) is 3. The molecule has 1 unspecified atom stereocenters. The minimum atomic E-state index is -2.77. The summed E-state index contributed by atoms with van der Waals surface area (Å²) in [5, 5.41) is 12.6. The van der Waals surface area contributed by atoms with Crippen molar-refractivity contribution in [3.05, 3.63) is 53.3 Å². The summed E-state index contributed by atoms with van der Waals surface area (Å²) in [7, 11) is 0. The van der Waals surface area contributed by atoms with Gasteiger partial charge in [0.15, 0.2) is 5.69 Å². The van der Waals surface area contributed by atoms with Crippen LogP contribution in [0.2, 0.25) is 0 Å². The van der Waals surface area contributed by atoms with Gasteiger partial charge in [-0.2, -0.15) is 13.9 Å². The number of benzene rings is 1. The predicted molar refractivity (Wildman–Crippen MR) is 84.8 cm³/mol. The normalized spacial score (nSPS) is 17.7. The van der Waals surface area contributed by atoms with E-state index in [1.807, 2.05) is 0 Å². The van der Waals surface area contributed by atoms with Crippen molar-refractivity contribution < 1.29 is 23.5 Å². The molecular weight excluding hydrogens is 332 g/mol. The number of amides is 1. The molecular formula is C17H17F2N3O3. The molecule has 0 bridgehead atoms. The molecule has 1 fully saturated rings. The van der Waals surface area contributed by atoms with E-state index < -0.39 is 12.5 Å². The Hall–Kier alpha value is -2.77. The van der Waals surface area contributed by atoms with E-state index in [9.17, 15) is 18.4 Å². The highest BCUT2D eigenvalue weighted by Gasteiger charge is 2.27. The monoisotopic (exact) mass is 349 g/mol. The highest BCUT2D eigenvalue weighted by Crippen LogP contribution is 2.28. The van der Waals surface area contributed by atoms with Crippen molar-refractivity contribution in [1.82, 2.24) is 14.7 Å². The van der Waals surface area contributed by atoms with Crippen LogP contribution in [0.15, 0.2) is 36.5 Å². The first kappa shape index (κ1) is 17.1. The van der Waals surface area contributed by atoms with Crippen LogP contribution in [0, 0.1) is 0 Å². The Kier molecular flexibility index (Phi) is 4.78. The summed E-state index contributed by atoms with van der Waals surface area (Å²) in [6, 6.07) is 7.90. The standard InChI is InChI=1S/C17H17F2N3O3/c18-17(19)22-9-7-14(20-22)15(23)21-8-1-2-13(10-21)11-3-5-12(6-4-11)16(24)25/h3-7,9,13,17H,1-2,8,10H2,(H,24,25). The number of hydrogen-bond donors (Lipinski definition) is 1. The number of carboxylic acids is 1. The van der Waals surface area contributed by atoms with Gasteiger partial charge in [0.1, 0.15) is 0 Å². The van der Waals surface area contributed by atoms with Crippen molar-refractivity contribution >= 4 is 11.9 Å². The van der Waals surface area contributed by atoms with Crippen LogP contribution in [-0.4, -0.2) is 44.8 Å². The molecule has 132 valence electrons. The van der Waals surface area contributed by atoms with Crippen LogP contribution in [-0.2, 0) is 0 Å². The van der Waals surface area contributed by atoms with Gasteiger partial charge in [-0.15, -0.1) is 0 Å². The summed E-state index contributed by atoms with van der Waals surface area (Å²) < 4.78 is 25.6. The van der Waals surface area contributed by atoms with E-state index in [0.29, 0.717) is 17.8 Å². The molecule has 0 radical (unpaired) electrons. The number of alkyl halides is 2. The molecule has 25 heavy (non-hydrogen) atoms. The first-order valence-corrected chi connectivity index (χ1v) is 7.91. The van der Waals surface area contributed by atoms with Crippen LogP contribution in [0.3, 0.4) is 0 Å². The van der Waals surface area contributed by atoms with Crippen LogP contribution in [0.5, 0.6) is 0 Å². The molecule has 1 aliphatic rings. The number of carboxylic acid groups (broad SMARTS) is 1. The quantitative estimate of drug-likeness (QED) is 0.921. The number of carbonyl (C=O) groups excluding carboxylic acids is 1. The number of aromatic carboxylic acids is 1. The van der Waals surface area contributed by atoms with Crippen molar-refractivity contribution in [2.24, 2.45) is 0 Å². The summed E-state index contributed by atoms with van der Waals surface area (Å²) in [4.78, 5) is 25.0. The smallest absolute Gasteiger partial charge is 0.335 e. The third-order valence-corrected chi connectivity index (χ3v) is 4.37. The average molecular weight is 349 g/mol. The van der Waals surface area contributed by atoms with Crippen molar-refractivity contribution in [3.8, 4) is 0 Å². The third kappa shape index (κ3) is 3.67. The number of carbonyl (C=O) groups is 2. The SMILES string of the molecule is O=C(O)c1ccc(C2CCCN(C(=O)c3ccn(C(F)F)n3)C2)cc1. The first-order valence-electron chi connectivity index (χ1n) is 7.91. The Bertz CT molecular complexity index is 774. The van der Waals surface area contributed by atoms with Gasteiger partial charge in [0.25, 0.3) is 5.91 Å². The fourth-order valence-electron chi connectivity index (χ4n) is 3.05. The van der Waals surface area contributed by atoms with Gasteiger partial charge in [0.2, 0.25) is 0 Å². The largest absolute Gasteiger partial charge is 0.478 e. The van der Waals surface area contributed by atoms with E-state index >= 15 is 0 Å². The molecule has 1 atom stereocenters. The Balaban J connectivity index is 1.71. The maximum Gasteiger partial charge on any atom is 0.335 e. The van der Waals surface area contributed by atoms with Crippen molar-refractivity contribution in [2.75, 3.05) is 13.1 Å². The maximum atomic E-state index is 12.6. The molecule has 6 nitrogen and oxygen atoms in total. The molecule has 0 saturated carbocycles. The zero-order valence-electron chi connectivity index (χ0n) is 13.3. The second kappa shape index (κ2) is 7.00. The molecule has 1 N–H and O–H groups in total. The van der Waals surface area contributed by atoms with Gasteiger partial charge in [-0.3, -0.25) is 4.79 Å². The van der Waals surface area contributed by atoms with Gasteiger partial charge in [0, 0.05) is 25.2 Å². The van der Waals surface area contributed by atoms with Gasteiger partial charge in [-0.05, 0) is 36.6 Å².